The van der Waals surface area contributed by atoms with Crippen molar-refractivity contribution >= 4 is 32.8 Å². The molecule has 222 valence electrons. The standard InChI is InChI=1S/C30H33F2N5O4S/c1-4-41-26(38)15-25(30(3)12-6-5-7-13-30)35-28-24(32)17-33-27(36-28)23-18-37(29-22(23)14-20(31)16-34-29)42(39,40)21-10-8-19(2)9-11-21/h8-11,14,16-18,25H,4-7,12-13,15H2,1-3H3,(H,33,35,36). The Hall–Kier alpha value is -3.93. The molecule has 1 atom stereocenters. The first kappa shape index (κ1) is 29.6. The quantitative estimate of drug-likeness (QED) is 0.233. The summed E-state index contributed by atoms with van der Waals surface area (Å²) >= 11 is 0. The van der Waals surface area contributed by atoms with E-state index in [0.717, 1.165) is 60.1 Å². The normalized spacial score (nSPS) is 15.8. The fourth-order valence-electron chi connectivity index (χ4n) is 5.57. The second-order valence-corrected chi connectivity index (χ2v) is 12.8. The van der Waals surface area contributed by atoms with Gasteiger partial charge in [-0.15, -0.1) is 0 Å². The number of ether oxygens (including phenoxy) is 1. The summed E-state index contributed by atoms with van der Waals surface area (Å²) in [7, 11) is -4.13. The van der Waals surface area contributed by atoms with Crippen LogP contribution >= 0.6 is 0 Å². The molecular formula is C30H33F2N5O4S. The van der Waals surface area contributed by atoms with Crippen LogP contribution in [0.1, 0.15) is 57.9 Å². The van der Waals surface area contributed by atoms with Crippen LogP contribution in [0.15, 0.2) is 53.8 Å². The zero-order valence-corrected chi connectivity index (χ0v) is 24.5. The van der Waals surface area contributed by atoms with Gasteiger partial charge in [-0.25, -0.2) is 36.1 Å². The Labute approximate surface area is 243 Å². The zero-order chi connectivity index (χ0) is 30.1. The molecule has 5 rings (SSSR count). The van der Waals surface area contributed by atoms with Gasteiger partial charge >= 0.3 is 5.97 Å². The lowest BCUT2D eigenvalue weighted by atomic mass is 9.69. The number of hydrogen-bond acceptors (Lipinski definition) is 8. The van der Waals surface area contributed by atoms with Crippen molar-refractivity contribution < 1.29 is 26.7 Å². The Balaban J connectivity index is 1.58. The maximum Gasteiger partial charge on any atom is 0.307 e. The third kappa shape index (κ3) is 5.85. The van der Waals surface area contributed by atoms with Crippen molar-refractivity contribution in [3.63, 3.8) is 0 Å². The predicted molar refractivity (Wildman–Crippen MR) is 154 cm³/mol. The first-order valence-electron chi connectivity index (χ1n) is 14.0. The molecule has 0 saturated heterocycles. The van der Waals surface area contributed by atoms with Gasteiger partial charge < -0.3 is 10.1 Å². The smallest absolute Gasteiger partial charge is 0.307 e. The lowest BCUT2D eigenvalue weighted by molar-refractivity contribution is -0.144. The number of pyridine rings is 1. The monoisotopic (exact) mass is 597 g/mol. The van der Waals surface area contributed by atoms with Crippen LogP contribution in [0.4, 0.5) is 14.6 Å². The summed E-state index contributed by atoms with van der Waals surface area (Å²) in [6, 6.07) is 6.97. The van der Waals surface area contributed by atoms with Crippen molar-refractivity contribution in [2.24, 2.45) is 5.41 Å². The summed E-state index contributed by atoms with van der Waals surface area (Å²) in [6.45, 7) is 5.87. The summed E-state index contributed by atoms with van der Waals surface area (Å²) < 4.78 is 62.9. The van der Waals surface area contributed by atoms with E-state index in [2.05, 4.69) is 27.2 Å². The largest absolute Gasteiger partial charge is 0.466 e. The number of rotatable bonds is 9. The predicted octanol–water partition coefficient (Wildman–Crippen LogP) is 6.02. The van der Waals surface area contributed by atoms with E-state index in [0.29, 0.717) is 0 Å². The van der Waals surface area contributed by atoms with Crippen LogP contribution in [0.2, 0.25) is 0 Å². The molecule has 1 aliphatic rings. The van der Waals surface area contributed by atoms with Gasteiger partial charge in [0.15, 0.2) is 23.1 Å². The highest BCUT2D eigenvalue weighted by Gasteiger charge is 2.38. The first-order chi connectivity index (χ1) is 20.0. The molecular weight excluding hydrogens is 564 g/mol. The maximum atomic E-state index is 15.2. The minimum absolute atomic E-state index is 0.0202. The number of fused-ring (bicyclic) bond motifs is 1. The number of benzene rings is 1. The molecule has 1 fully saturated rings. The Bertz CT molecular complexity index is 1720. The Kier molecular flexibility index (Phi) is 8.27. The summed E-state index contributed by atoms with van der Waals surface area (Å²) in [4.78, 5) is 25.1. The van der Waals surface area contributed by atoms with E-state index in [1.54, 1.807) is 19.1 Å². The number of carbonyl (C=O) groups is 1. The van der Waals surface area contributed by atoms with Crippen molar-refractivity contribution in [1.82, 2.24) is 18.9 Å². The van der Waals surface area contributed by atoms with Gasteiger partial charge in [0.05, 0.1) is 30.3 Å². The van der Waals surface area contributed by atoms with Crippen LogP contribution in [0.5, 0.6) is 0 Å². The second-order valence-electron chi connectivity index (χ2n) is 11.0. The number of anilines is 1. The fraction of sp³-hybridized carbons (Fsp3) is 0.400. The summed E-state index contributed by atoms with van der Waals surface area (Å²) in [5, 5.41) is 3.29. The molecule has 1 aromatic carbocycles. The molecule has 1 unspecified atom stereocenters. The lowest BCUT2D eigenvalue weighted by Gasteiger charge is -2.41. The van der Waals surface area contributed by atoms with E-state index in [9.17, 15) is 17.6 Å². The van der Waals surface area contributed by atoms with Crippen molar-refractivity contribution in [3.05, 3.63) is 66.1 Å². The molecule has 1 aliphatic carbocycles. The molecule has 1 N–H and O–H groups in total. The van der Waals surface area contributed by atoms with Crippen molar-refractivity contribution in [2.45, 2.75) is 70.2 Å². The van der Waals surface area contributed by atoms with Crippen LogP contribution in [0, 0.1) is 24.0 Å². The van der Waals surface area contributed by atoms with Gasteiger partial charge in [0, 0.05) is 23.2 Å². The number of esters is 1. The highest BCUT2D eigenvalue weighted by molar-refractivity contribution is 7.90. The van der Waals surface area contributed by atoms with Crippen LogP contribution < -0.4 is 5.32 Å². The number of nitrogens with one attached hydrogen (secondary N) is 1. The minimum atomic E-state index is -4.13. The van der Waals surface area contributed by atoms with Gasteiger partial charge in [-0.1, -0.05) is 43.9 Å². The van der Waals surface area contributed by atoms with Crippen LogP contribution in [0.25, 0.3) is 22.4 Å². The Morgan fingerprint density at radius 2 is 1.83 bits per heavy atom. The van der Waals surface area contributed by atoms with Crippen LogP contribution in [0.3, 0.4) is 0 Å². The Morgan fingerprint density at radius 3 is 2.52 bits per heavy atom. The van der Waals surface area contributed by atoms with E-state index < -0.39 is 33.7 Å². The summed E-state index contributed by atoms with van der Waals surface area (Å²) in [5.41, 5.74) is 0.703. The number of aromatic nitrogens is 4. The number of hydrogen-bond donors (Lipinski definition) is 1. The van der Waals surface area contributed by atoms with Gasteiger partial charge in [-0.3, -0.25) is 4.79 Å². The number of halogens is 2. The summed E-state index contributed by atoms with van der Waals surface area (Å²) in [6.07, 6.45) is 7.95. The maximum absolute atomic E-state index is 15.2. The van der Waals surface area contributed by atoms with Gasteiger partial charge in [-0.05, 0) is 50.3 Å². The van der Waals surface area contributed by atoms with Crippen molar-refractivity contribution in [1.29, 1.82) is 0 Å². The molecule has 0 radical (unpaired) electrons. The van der Waals surface area contributed by atoms with E-state index in [4.69, 9.17) is 4.74 Å². The molecule has 0 aliphatic heterocycles. The average Bonchev–Trinajstić information content (AvgIpc) is 3.34. The molecule has 12 heteroatoms. The Morgan fingerprint density at radius 1 is 1.12 bits per heavy atom. The van der Waals surface area contributed by atoms with Gasteiger partial charge in [0.25, 0.3) is 10.0 Å². The molecule has 0 bridgehead atoms. The third-order valence-electron chi connectivity index (χ3n) is 7.97. The fourth-order valence-corrected chi connectivity index (χ4v) is 6.89. The van der Waals surface area contributed by atoms with Crippen molar-refractivity contribution in [2.75, 3.05) is 11.9 Å². The highest BCUT2D eigenvalue weighted by atomic mass is 32.2. The molecule has 42 heavy (non-hydrogen) atoms. The van der Waals surface area contributed by atoms with Gasteiger partial charge in [-0.2, -0.15) is 0 Å². The number of nitrogens with zero attached hydrogens (tertiary/aromatic N) is 4. The third-order valence-corrected chi connectivity index (χ3v) is 9.63. The van der Waals surface area contributed by atoms with Crippen molar-refractivity contribution in [3.8, 4) is 11.4 Å². The molecule has 3 aromatic heterocycles. The second kappa shape index (κ2) is 11.7. The van der Waals surface area contributed by atoms with Crippen LogP contribution in [-0.4, -0.2) is 46.0 Å². The SMILES string of the molecule is CCOC(=O)CC(Nc1nc(-c2cn(S(=O)(=O)c3ccc(C)cc3)c3ncc(F)cc23)ncc1F)C1(C)CCCCC1. The van der Waals surface area contributed by atoms with E-state index in [-0.39, 0.29) is 51.6 Å². The number of carbonyl (C=O) groups excluding carboxylic acids is 1. The molecule has 0 spiro atoms. The van der Waals surface area contributed by atoms with E-state index >= 15 is 4.39 Å². The summed E-state index contributed by atoms with van der Waals surface area (Å²) in [5.74, 6) is -2.00. The minimum Gasteiger partial charge on any atom is -0.466 e. The van der Waals surface area contributed by atoms with Gasteiger partial charge in [0.1, 0.15) is 5.82 Å². The first-order valence-corrected chi connectivity index (χ1v) is 15.4. The highest BCUT2D eigenvalue weighted by Crippen LogP contribution is 2.41. The molecule has 4 aromatic rings. The molecule has 1 saturated carbocycles. The topological polar surface area (TPSA) is 116 Å². The zero-order valence-electron chi connectivity index (χ0n) is 23.7. The molecule has 9 nitrogen and oxygen atoms in total. The molecule has 3 heterocycles. The van der Waals surface area contributed by atoms with E-state index in [1.165, 1.54) is 18.3 Å². The average molecular weight is 598 g/mol. The lowest BCUT2D eigenvalue weighted by Crippen LogP contribution is -2.42. The van der Waals surface area contributed by atoms with Gasteiger partial charge in [0.2, 0.25) is 0 Å². The van der Waals surface area contributed by atoms with Crippen LogP contribution in [-0.2, 0) is 19.6 Å². The molecule has 0 amide bonds. The van der Waals surface area contributed by atoms with E-state index in [1.807, 2.05) is 6.92 Å². The number of aryl methyl sites for hydroxylation is 1.